The fraction of sp³-hybridized carbons (Fsp3) is 0.556. The zero-order valence-electron chi connectivity index (χ0n) is 24.2. The maximum atomic E-state index is 2.92. The van der Waals surface area contributed by atoms with Gasteiger partial charge in [0.2, 0.25) is 0 Å². The smallest absolute Gasteiger partial charge is 0.0237 e. The molecule has 4 aliphatic carbocycles. The van der Waals surface area contributed by atoms with Crippen molar-refractivity contribution in [3.8, 4) is 0 Å². The van der Waals surface area contributed by atoms with Crippen molar-refractivity contribution in [3.63, 3.8) is 0 Å². The van der Waals surface area contributed by atoms with Gasteiger partial charge in [-0.25, -0.2) is 0 Å². The molecule has 4 aliphatic rings. The molecule has 0 amide bonds. The summed E-state index contributed by atoms with van der Waals surface area (Å²) in [6.45, 7) is 12.2. The van der Waals surface area contributed by atoms with Crippen LogP contribution >= 0.6 is 0 Å². The summed E-state index contributed by atoms with van der Waals surface area (Å²) in [6, 6.07) is 23.1. The second-order valence-electron chi connectivity index (χ2n) is 13.0. The van der Waals surface area contributed by atoms with E-state index in [2.05, 4.69) is 103 Å². The molecule has 0 saturated heterocycles. The highest BCUT2D eigenvalue weighted by Crippen LogP contribution is 2.55. The van der Waals surface area contributed by atoms with Gasteiger partial charge in [0.25, 0.3) is 0 Å². The van der Waals surface area contributed by atoms with Gasteiger partial charge >= 0.3 is 0 Å². The van der Waals surface area contributed by atoms with Crippen LogP contribution in [0.15, 0.2) is 84.0 Å². The van der Waals surface area contributed by atoms with Crippen LogP contribution in [-0.4, -0.2) is 35.5 Å². The van der Waals surface area contributed by atoms with E-state index in [1.54, 1.807) is 0 Å². The Morgan fingerprint density at radius 1 is 0.711 bits per heavy atom. The molecule has 6 rings (SSSR count). The third-order valence-corrected chi connectivity index (χ3v) is 9.57. The lowest BCUT2D eigenvalue weighted by Gasteiger charge is -2.57. The number of hydrogen-bond donors (Lipinski definition) is 0. The van der Waals surface area contributed by atoms with Crippen molar-refractivity contribution in [2.75, 3.05) is 19.6 Å². The summed E-state index contributed by atoms with van der Waals surface area (Å²) in [5, 5.41) is 0. The molecule has 2 aromatic carbocycles. The van der Waals surface area contributed by atoms with Gasteiger partial charge in [-0.1, -0.05) is 84.0 Å². The first-order valence-electron chi connectivity index (χ1n) is 15.4. The maximum absolute atomic E-state index is 2.92. The van der Waals surface area contributed by atoms with Crippen LogP contribution in [0, 0.1) is 23.7 Å². The summed E-state index contributed by atoms with van der Waals surface area (Å²) in [5.41, 5.74) is 5.84. The van der Waals surface area contributed by atoms with E-state index >= 15 is 0 Å². The molecule has 0 atom stereocenters. The predicted octanol–water partition coefficient (Wildman–Crippen LogP) is 8.51. The first kappa shape index (κ1) is 27.4. The lowest BCUT2D eigenvalue weighted by molar-refractivity contribution is -0.0699. The van der Waals surface area contributed by atoms with Crippen LogP contribution in [0.1, 0.15) is 76.8 Å². The van der Waals surface area contributed by atoms with Gasteiger partial charge in [0, 0.05) is 38.8 Å². The molecule has 4 bridgehead atoms. The maximum Gasteiger partial charge on any atom is 0.0237 e. The number of hydrogen-bond acceptors (Lipinski definition) is 2. The van der Waals surface area contributed by atoms with E-state index in [0.717, 1.165) is 68.7 Å². The zero-order chi connectivity index (χ0) is 26.3. The third-order valence-electron chi connectivity index (χ3n) is 9.57. The molecule has 2 aromatic rings. The SMILES string of the molecule is CC(C)=CCC/C(C)=C/CN(CCN(Cc1ccccc1)C1C2CC3CC(C2)CC1C3)Cc1ccccc1. The normalized spacial score (nSPS) is 26.3. The Morgan fingerprint density at radius 3 is 1.87 bits per heavy atom. The van der Waals surface area contributed by atoms with Crippen molar-refractivity contribution in [1.29, 1.82) is 0 Å². The number of benzene rings is 2. The van der Waals surface area contributed by atoms with E-state index in [1.165, 1.54) is 60.9 Å². The van der Waals surface area contributed by atoms with Gasteiger partial charge in [-0.3, -0.25) is 9.80 Å². The van der Waals surface area contributed by atoms with Crippen LogP contribution in [0.25, 0.3) is 0 Å². The average Bonchev–Trinajstić information content (AvgIpc) is 2.90. The second kappa shape index (κ2) is 13.3. The van der Waals surface area contributed by atoms with Gasteiger partial charge in [0.1, 0.15) is 0 Å². The molecule has 0 aromatic heterocycles. The van der Waals surface area contributed by atoms with Gasteiger partial charge in [-0.05, 0) is 101 Å². The lowest BCUT2D eigenvalue weighted by Crippen LogP contribution is -2.56. The molecule has 2 heteroatoms. The summed E-state index contributed by atoms with van der Waals surface area (Å²) in [6.07, 6.45) is 14.7. The zero-order valence-corrected chi connectivity index (χ0v) is 24.2. The Kier molecular flexibility index (Phi) is 9.57. The van der Waals surface area contributed by atoms with E-state index in [1.807, 2.05) is 0 Å². The van der Waals surface area contributed by atoms with Crippen LogP contribution in [-0.2, 0) is 13.1 Å². The van der Waals surface area contributed by atoms with E-state index in [4.69, 9.17) is 0 Å². The number of allylic oxidation sites excluding steroid dienone is 3. The van der Waals surface area contributed by atoms with Crippen LogP contribution in [0.3, 0.4) is 0 Å². The van der Waals surface area contributed by atoms with Crippen molar-refractivity contribution in [2.45, 2.75) is 84.8 Å². The van der Waals surface area contributed by atoms with Gasteiger partial charge in [-0.2, -0.15) is 0 Å². The quantitative estimate of drug-likeness (QED) is 0.249. The summed E-state index contributed by atoms with van der Waals surface area (Å²) >= 11 is 0. The topological polar surface area (TPSA) is 6.48 Å². The van der Waals surface area contributed by atoms with E-state index < -0.39 is 0 Å². The molecule has 4 fully saturated rings. The summed E-state index contributed by atoms with van der Waals surface area (Å²) in [5.74, 6) is 3.91. The van der Waals surface area contributed by atoms with E-state index in [9.17, 15) is 0 Å². The second-order valence-corrected chi connectivity index (χ2v) is 13.0. The molecule has 4 saturated carbocycles. The monoisotopic (exact) mass is 510 g/mol. The fourth-order valence-electron chi connectivity index (χ4n) is 7.97. The van der Waals surface area contributed by atoms with Gasteiger partial charge < -0.3 is 0 Å². The van der Waals surface area contributed by atoms with Crippen LogP contribution in [0.4, 0.5) is 0 Å². The number of nitrogens with zero attached hydrogens (tertiary/aromatic N) is 2. The minimum atomic E-state index is 0.780. The first-order valence-corrected chi connectivity index (χ1v) is 15.4. The standard InChI is InChI=1S/C36H50N2/c1-28(2)11-10-12-29(3)17-18-37(26-30-13-6-4-7-14-30)19-20-38(27-31-15-8-5-9-16-31)36-34-22-32-21-33(24-34)25-35(36)23-32/h4-9,11,13-17,32-36H,10,12,18-27H2,1-3H3/b29-17+. The minimum absolute atomic E-state index is 0.780. The minimum Gasteiger partial charge on any atom is -0.294 e. The molecule has 0 aliphatic heterocycles. The number of rotatable bonds is 13. The highest BCUT2D eigenvalue weighted by atomic mass is 15.2. The Bertz CT molecular complexity index is 1020. The summed E-state index contributed by atoms with van der Waals surface area (Å²) in [7, 11) is 0. The van der Waals surface area contributed by atoms with Crippen LogP contribution in [0.2, 0.25) is 0 Å². The van der Waals surface area contributed by atoms with Crippen molar-refractivity contribution in [3.05, 3.63) is 95.1 Å². The average molecular weight is 511 g/mol. The Morgan fingerprint density at radius 2 is 1.29 bits per heavy atom. The highest BCUT2D eigenvalue weighted by molar-refractivity contribution is 5.16. The predicted molar refractivity (Wildman–Crippen MR) is 162 cm³/mol. The Hall–Kier alpha value is -2.16. The molecule has 2 nitrogen and oxygen atoms in total. The molecule has 204 valence electrons. The van der Waals surface area contributed by atoms with E-state index in [0.29, 0.717) is 0 Å². The van der Waals surface area contributed by atoms with Crippen molar-refractivity contribution < 1.29 is 0 Å². The van der Waals surface area contributed by atoms with Gasteiger partial charge in [0.15, 0.2) is 0 Å². The van der Waals surface area contributed by atoms with Crippen LogP contribution in [0.5, 0.6) is 0 Å². The molecule has 0 radical (unpaired) electrons. The first-order chi connectivity index (χ1) is 18.5. The highest BCUT2D eigenvalue weighted by Gasteiger charge is 2.49. The van der Waals surface area contributed by atoms with Crippen molar-refractivity contribution in [1.82, 2.24) is 9.80 Å². The Labute approximate surface area is 232 Å². The third kappa shape index (κ3) is 7.48. The van der Waals surface area contributed by atoms with E-state index in [-0.39, 0.29) is 0 Å². The molecule has 38 heavy (non-hydrogen) atoms. The molecule has 0 N–H and O–H groups in total. The summed E-state index contributed by atoms with van der Waals surface area (Å²) < 4.78 is 0. The fourth-order valence-corrected chi connectivity index (χ4v) is 7.97. The Balaban J connectivity index is 1.29. The molecule has 0 heterocycles. The molecular formula is C36H50N2. The van der Waals surface area contributed by atoms with Crippen molar-refractivity contribution in [2.24, 2.45) is 23.7 Å². The molecule has 0 unspecified atom stereocenters. The molecular weight excluding hydrogens is 460 g/mol. The summed E-state index contributed by atoms with van der Waals surface area (Å²) in [4.78, 5) is 5.61. The molecule has 0 spiro atoms. The van der Waals surface area contributed by atoms with Gasteiger partial charge in [-0.15, -0.1) is 0 Å². The largest absolute Gasteiger partial charge is 0.294 e. The lowest BCUT2D eigenvalue weighted by atomic mass is 9.54. The van der Waals surface area contributed by atoms with Crippen LogP contribution < -0.4 is 0 Å². The van der Waals surface area contributed by atoms with Crippen molar-refractivity contribution >= 4 is 0 Å². The van der Waals surface area contributed by atoms with Gasteiger partial charge in [0.05, 0.1) is 0 Å².